The minimum atomic E-state index is -1.24. The standard InChI is InChI=1S/C26H34N4O7/c1-15(2)11-21(29-24(35)20(27)12-16-3-7-18(31)8-4-16)26(37)30-22(25(36)28-14-23(33)34)13-17-5-9-19(32)10-6-17/h3-10,15,20-22,31-32H,11-14,27H2,1-2H3,(H,28,36)(H,29,35)(H,30,37)(H,33,34). The molecule has 11 nitrogen and oxygen atoms in total. The van der Waals surface area contributed by atoms with Crippen LogP contribution in [-0.2, 0) is 32.0 Å². The Bertz CT molecular complexity index is 1070. The van der Waals surface area contributed by atoms with E-state index in [1.54, 1.807) is 24.3 Å². The first-order valence-electron chi connectivity index (χ1n) is 11.9. The molecule has 2 rings (SSSR count). The Kier molecular flexibility index (Phi) is 10.9. The van der Waals surface area contributed by atoms with Crippen molar-refractivity contribution in [2.45, 2.75) is 51.2 Å². The van der Waals surface area contributed by atoms with Gasteiger partial charge in [0.1, 0.15) is 30.1 Å². The predicted molar refractivity (Wildman–Crippen MR) is 136 cm³/mol. The van der Waals surface area contributed by atoms with Crippen molar-refractivity contribution in [3.63, 3.8) is 0 Å². The summed E-state index contributed by atoms with van der Waals surface area (Å²) >= 11 is 0. The van der Waals surface area contributed by atoms with Gasteiger partial charge in [-0.3, -0.25) is 19.2 Å². The van der Waals surface area contributed by atoms with Gasteiger partial charge in [-0.2, -0.15) is 0 Å². The minimum absolute atomic E-state index is 0.0146. The Balaban J connectivity index is 2.14. The Morgan fingerprint density at radius 2 is 1.24 bits per heavy atom. The number of carbonyl (C=O) groups is 4. The largest absolute Gasteiger partial charge is 0.508 e. The molecule has 2 aromatic carbocycles. The maximum absolute atomic E-state index is 13.2. The van der Waals surface area contributed by atoms with Crippen molar-refractivity contribution >= 4 is 23.7 Å². The zero-order valence-corrected chi connectivity index (χ0v) is 20.8. The molecule has 37 heavy (non-hydrogen) atoms. The summed E-state index contributed by atoms with van der Waals surface area (Å²) in [5.41, 5.74) is 7.40. The molecule has 3 amide bonds. The average Bonchev–Trinajstić information content (AvgIpc) is 2.83. The van der Waals surface area contributed by atoms with E-state index in [0.717, 1.165) is 5.56 Å². The fourth-order valence-electron chi connectivity index (χ4n) is 3.60. The molecule has 0 fully saturated rings. The van der Waals surface area contributed by atoms with E-state index in [1.807, 2.05) is 13.8 Å². The Labute approximate surface area is 215 Å². The summed E-state index contributed by atoms with van der Waals surface area (Å²) in [7, 11) is 0. The summed E-state index contributed by atoms with van der Waals surface area (Å²) in [5.74, 6) is -2.99. The van der Waals surface area contributed by atoms with Crippen LogP contribution in [0.5, 0.6) is 11.5 Å². The first-order valence-corrected chi connectivity index (χ1v) is 11.9. The van der Waals surface area contributed by atoms with E-state index in [9.17, 15) is 29.4 Å². The zero-order chi connectivity index (χ0) is 27.5. The molecule has 3 atom stereocenters. The number of hydrogen-bond donors (Lipinski definition) is 7. The van der Waals surface area contributed by atoms with Crippen molar-refractivity contribution in [3.8, 4) is 11.5 Å². The normalized spacial score (nSPS) is 13.3. The molecule has 0 aliphatic rings. The van der Waals surface area contributed by atoms with Crippen molar-refractivity contribution < 1.29 is 34.5 Å². The quantitative estimate of drug-likeness (QED) is 0.200. The van der Waals surface area contributed by atoms with Crippen LogP contribution < -0.4 is 21.7 Å². The van der Waals surface area contributed by atoms with E-state index in [1.165, 1.54) is 24.3 Å². The van der Waals surface area contributed by atoms with Crippen molar-refractivity contribution in [1.82, 2.24) is 16.0 Å². The summed E-state index contributed by atoms with van der Waals surface area (Å²) in [5, 5.41) is 35.4. The number of amides is 3. The Hall–Kier alpha value is -4.12. The number of carbonyl (C=O) groups excluding carboxylic acids is 3. The van der Waals surface area contributed by atoms with Crippen LogP contribution >= 0.6 is 0 Å². The molecule has 0 bridgehead atoms. The highest BCUT2D eigenvalue weighted by molar-refractivity contribution is 5.93. The van der Waals surface area contributed by atoms with Gasteiger partial charge in [0.2, 0.25) is 17.7 Å². The number of hydrogen-bond acceptors (Lipinski definition) is 7. The number of rotatable bonds is 13. The van der Waals surface area contributed by atoms with Gasteiger partial charge >= 0.3 is 5.97 Å². The first kappa shape index (κ1) is 29.1. The molecule has 0 aliphatic heterocycles. The molecule has 3 unspecified atom stereocenters. The van der Waals surface area contributed by atoms with E-state index >= 15 is 0 Å². The number of carboxylic acid groups (broad SMARTS) is 1. The maximum atomic E-state index is 13.2. The Morgan fingerprint density at radius 1 is 0.757 bits per heavy atom. The average molecular weight is 515 g/mol. The van der Waals surface area contributed by atoms with Gasteiger partial charge in [0.25, 0.3) is 0 Å². The molecule has 0 saturated carbocycles. The third-order valence-electron chi connectivity index (χ3n) is 5.49. The van der Waals surface area contributed by atoms with Crippen LogP contribution in [0.25, 0.3) is 0 Å². The molecular weight excluding hydrogens is 480 g/mol. The van der Waals surface area contributed by atoms with Crippen LogP contribution in [0.4, 0.5) is 0 Å². The van der Waals surface area contributed by atoms with E-state index in [0.29, 0.717) is 5.56 Å². The molecular formula is C26H34N4O7. The van der Waals surface area contributed by atoms with Gasteiger partial charge in [0.05, 0.1) is 6.04 Å². The maximum Gasteiger partial charge on any atom is 0.322 e. The van der Waals surface area contributed by atoms with Gasteiger partial charge in [-0.1, -0.05) is 38.1 Å². The number of aromatic hydroxyl groups is 2. The second-order valence-electron chi connectivity index (χ2n) is 9.21. The van der Waals surface area contributed by atoms with Crippen LogP contribution in [0, 0.1) is 5.92 Å². The molecule has 2 aromatic rings. The van der Waals surface area contributed by atoms with E-state index in [4.69, 9.17) is 10.8 Å². The van der Waals surface area contributed by atoms with Gasteiger partial charge in [-0.25, -0.2) is 0 Å². The lowest BCUT2D eigenvalue weighted by atomic mass is 10.00. The molecule has 0 saturated heterocycles. The highest BCUT2D eigenvalue weighted by atomic mass is 16.4. The van der Waals surface area contributed by atoms with E-state index in [-0.39, 0.29) is 36.7 Å². The van der Waals surface area contributed by atoms with Gasteiger partial charge < -0.3 is 37.0 Å². The lowest BCUT2D eigenvalue weighted by molar-refractivity contribution is -0.138. The number of phenols is 2. The number of nitrogens with two attached hydrogens (primary N) is 1. The molecule has 0 radical (unpaired) electrons. The minimum Gasteiger partial charge on any atom is -0.508 e. The van der Waals surface area contributed by atoms with Gasteiger partial charge in [0.15, 0.2) is 0 Å². The fraction of sp³-hybridized carbons (Fsp3) is 0.385. The van der Waals surface area contributed by atoms with Crippen LogP contribution in [0.2, 0.25) is 0 Å². The summed E-state index contributed by atoms with van der Waals surface area (Å²) in [6.45, 7) is 3.12. The first-order chi connectivity index (χ1) is 17.4. The number of phenolic OH excluding ortho intramolecular Hbond substituents is 2. The molecule has 11 heteroatoms. The van der Waals surface area contributed by atoms with Crippen LogP contribution in [0.15, 0.2) is 48.5 Å². The van der Waals surface area contributed by atoms with E-state index < -0.39 is 48.4 Å². The van der Waals surface area contributed by atoms with Crippen molar-refractivity contribution in [3.05, 3.63) is 59.7 Å². The highest BCUT2D eigenvalue weighted by Crippen LogP contribution is 2.13. The second-order valence-corrected chi connectivity index (χ2v) is 9.21. The van der Waals surface area contributed by atoms with Gasteiger partial charge in [-0.05, 0) is 54.2 Å². The van der Waals surface area contributed by atoms with E-state index in [2.05, 4.69) is 16.0 Å². The van der Waals surface area contributed by atoms with Crippen molar-refractivity contribution in [2.75, 3.05) is 6.54 Å². The Morgan fingerprint density at radius 3 is 1.73 bits per heavy atom. The van der Waals surface area contributed by atoms with Crippen LogP contribution in [0.3, 0.4) is 0 Å². The van der Waals surface area contributed by atoms with Gasteiger partial charge in [0, 0.05) is 6.42 Å². The molecule has 0 heterocycles. The predicted octanol–water partition coefficient (Wildman–Crippen LogP) is 0.427. The topological polar surface area (TPSA) is 191 Å². The summed E-state index contributed by atoms with van der Waals surface area (Å²) in [4.78, 5) is 49.6. The summed E-state index contributed by atoms with van der Waals surface area (Å²) in [6.07, 6.45) is 0.482. The third kappa shape index (κ3) is 10.2. The van der Waals surface area contributed by atoms with Crippen LogP contribution in [0.1, 0.15) is 31.4 Å². The number of aliphatic carboxylic acids is 1. The van der Waals surface area contributed by atoms with Gasteiger partial charge in [-0.15, -0.1) is 0 Å². The number of nitrogens with one attached hydrogen (secondary N) is 3. The van der Waals surface area contributed by atoms with Crippen molar-refractivity contribution in [1.29, 1.82) is 0 Å². The smallest absolute Gasteiger partial charge is 0.322 e. The summed E-state index contributed by atoms with van der Waals surface area (Å²) < 4.78 is 0. The monoisotopic (exact) mass is 514 g/mol. The third-order valence-corrected chi connectivity index (χ3v) is 5.49. The molecule has 8 N–H and O–H groups in total. The van der Waals surface area contributed by atoms with Crippen LogP contribution in [-0.4, -0.2) is 63.7 Å². The molecule has 0 aliphatic carbocycles. The second kappa shape index (κ2) is 13.8. The highest BCUT2D eigenvalue weighted by Gasteiger charge is 2.29. The lowest BCUT2D eigenvalue weighted by Gasteiger charge is -2.25. The molecule has 0 aromatic heterocycles. The fourth-order valence-corrected chi connectivity index (χ4v) is 3.60. The lowest BCUT2D eigenvalue weighted by Crippen LogP contribution is -2.57. The molecule has 0 spiro atoms. The number of carboxylic acids is 1. The van der Waals surface area contributed by atoms with Crippen molar-refractivity contribution in [2.24, 2.45) is 11.7 Å². The summed E-state index contributed by atoms with van der Waals surface area (Å²) in [6, 6.07) is 9.19. The number of benzene rings is 2. The molecule has 200 valence electrons. The SMILES string of the molecule is CC(C)CC(NC(=O)C(N)Cc1ccc(O)cc1)C(=O)NC(Cc1ccc(O)cc1)C(=O)NCC(=O)O. The zero-order valence-electron chi connectivity index (χ0n) is 20.8.